The molecule has 0 aliphatic carbocycles. The van der Waals surface area contributed by atoms with E-state index in [1.54, 1.807) is 18.2 Å². The molecule has 1 unspecified atom stereocenters. The molecule has 1 saturated heterocycles. The molecule has 1 atom stereocenters. The van der Waals surface area contributed by atoms with Crippen molar-refractivity contribution in [1.29, 1.82) is 0 Å². The van der Waals surface area contributed by atoms with E-state index in [-0.39, 0.29) is 4.75 Å². The van der Waals surface area contributed by atoms with Crippen molar-refractivity contribution in [3.8, 4) is 0 Å². The molecule has 0 amide bonds. The van der Waals surface area contributed by atoms with Crippen LogP contribution in [0.25, 0.3) is 0 Å². The van der Waals surface area contributed by atoms with Crippen LogP contribution in [-0.2, 0) is 16.6 Å². The van der Waals surface area contributed by atoms with Crippen molar-refractivity contribution in [3.63, 3.8) is 0 Å². The minimum absolute atomic E-state index is 0.0362. The van der Waals surface area contributed by atoms with Crippen LogP contribution >= 0.6 is 11.8 Å². The maximum Gasteiger partial charge on any atom is 0.240 e. The van der Waals surface area contributed by atoms with Gasteiger partial charge in [-0.15, -0.1) is 0 Å². The Morgan fingerprint density at radius 3 is 2.86 bits per heavy atom. The molecule has 2 N–H and O–H groups in total. The van der Waals surface area contributed by atoms with Crippen molar-refractivity contribution in [2.45, 2.75) is 42.9 Å². The first-order valence-corrected chi connectivity index (χ1v) is 9.85. The SMILES string of the molecule is CCNCc1cccc(S(=O)(=O)NCC2(C)CCCS2)c1. The molecule has 1 aliphatic rings. The first-order chi connectivity index (χ1) is 9.95. The second-order valence-electron chi connectivity index (χ2n) is 5.65. The Kier molecular flexibility index (Phi) is 5.71. The molecule has 0 spiro atoms. The molecular formula is C15H24N2O2S2. The number of sulfonamides is 1. The number of benzene rings is 1. The van der Waals surface area contributed by atoms with Gasteiger partial charge in [-0.25, -0.2) is 13.1 Å². The quantitative estimate of drug-likeness (QED) is 0.807. The van der Waals surface area contributed by atoms with Gasteiger partial charge in [0.15, 0.2) is 0 Å². The molecule has 118 valence electrons. The van der Waals surface area contributed by atoms with Gasteiger partial charge in [0.25, 0.3) is 0 Å². The molecule has 1 aliphatic heterocycles. The predicted molar refractivity (Wildman–Crippen MR) is 89.1 cm³/mol. The van der Waals surface area contributed by atoms with Gasteiger partial charge in [-0.2, -0.15) is 11.8 Å². The lowest BCUT2D eigenvalue weighted by Crippen LogP contribution is -2.36. The summed E-state index contributed by atoms with van der Waals surface area (Å²) in [7, 11) is -3.42. The van der Waals surface area contributed by atoms with E-state index in [0.29, 0.717) is 18.0 Å². The number of nitrogens with one attached hydrogen (secondary N) is 2. The molecule has 0 bridgehead atoms. The zero-order valence-corrected chi connectivity index (χ0v) is 14.3. The number of thioether (sulfide) groups is 1. The lowest BCUT2D eigenvalue weighted by atomic mass is 10.1. The summed E-state index contributed by atoms with van der Waals surface area (Å²) in [5.41, 5.74) is 0.987. The Morgan fingerprint density at radius 2 is 2.19 bits per heavy atom. The predicted octanol–water partition coefficient (Wildman–Crippen LogP) is 2.36. The Morgan fingerprint density at radius 1 is 1.38 bits per heavy atom. The average Bonchev–Trinajstić information content (AvgIpc) is 2.91. The maximum absolute atomic E-state index is 12.4. The fourth-order valence-electron chi connectivity index (χ4n) is 2.40. The van der Waals surface area contributed by atoms with Crippen LogP contribution in [0.3, 0.4) is 0 Å². The Balaban J connectivity index is 2.04. The van der Waals surface area contributed by atoms with Crippen molar-refractivity contribution in [3.05, 3.63) is 29.8 Å². The zero-order chi connectivity index (χ0) is 15.3. The summed E-state index contributed by atoms with van der Waals surface area (Å²) in [5, 5.41) is 3.21. The van der Waals surface area contributed by atoms with E-state index in [9.17, 15) is 8.42 Å². The first kappa shape index (κ1) is 16.8. The highest BCUT2D eigenvalue weighted by molar-refractivity contribution is 8.01. The first-order valence-electron chi connectivity index (χ1n) is 7.38. The van der Waals surface area contributed by atoms with E-state index in [1.807, 2.05) is 24.8 Å². The van der Waals surface area contributed by atoms with Crippen LogP contribution in [0.15, 0.2) is 29.2 Å². The Labute approximate surface area is 132 Å². The van der Waals surface area contributed by atoms with Crippen LogP contribution in [0.4, 0.5) is 0 Å². The maximum atomic E-state index is 12.4. The summed E-state index contributed by atoms with van der Waals surface area (Å²) in [6.45, 7) is 6.21. The topological polar surface area (TPSA) is 58.2 Å². The smallest absolute Gasteiger partial charge is 0.240 e. The summed E-state index contributed by atoms with van der Waals surface area (Å²) in [5.74, 6) is 1.12. The average molecular weight is 329 g/mol. The molecule has 2 rings (SSSR count). The van der Waals surface area contributed by atoms with E-state index in [0.717, 1.165) is 24.3 Å². The molecule has 0 radical (unpaired) electrons. The normalized spacial score (nSPS) is 22.6. The third kappa shape index (κ3) is 4.71. The Bertz CT molecular complexity index is 567. The lowest BCUT2D eigenvalue weighted by molar-refractivity contribution is 0.552. The molecule has 0 saturated carbocycles. The van der Waals surface area contributed by atoms with Gasteiger partial charge in [0.2, 0.25) is 10.0 Å². The Hall–Kier alpha value is -0.560. The highest BCUT2D eigenvalue weighted by atomic mass is 32.2. The summed E-state index contributed by atoms with van der Waals surface area (Å²) in [6.07, 6.45) is 2.24. The van der Waals surface area contributed by atoms with Crippen LogP contribution < -0.4 is 10.0 Å². The van der Waals surface area contributed by atoms with E-state index in [4.69, 9.17) is 0 Å². The van der Waals surface area contributed by atoms with Gasteiger partial charge >= 0.3 is 0 Å². The summed E-state index contributed by atoms with van der Waals surface area (Å²) < 4.78 is 27.6. The van der Waals surface area contributed by atoms with Crippen molar-refractivity contribution in [2.75, 3.05) is 18.8 Å². The van der Waals surface area contributed by atoms with Gasteiger partial charge in [0.05, 0.1) is 4.90 Å². The van der Waals surface area contributed by atoms with Crippen molar-refractivity contribution >= 4 is 21.8 Å². The zero-order valence-electron chi connectivity index (χ0n) is 12.7. The van der Waals surface area contributed by atoms with E-state index in [1.165, 1.54) is 6.42 Å². The molecule has 21 heavy (non-hydrogen) atoms. The fraction of sp³-hybridized carbons (Fsp3) is 0.600. The largest absolute Gasteiger partial charge is 0.313 e. The third-order valence-corrected chi connectivity index (χ3v) is 6.66. The molecule has 0 aromatic heterocycles. The monoisotopic (exact) mass is 328 g/mol. The third-order valence-electron chi connectivity index (χ3n) is 3.72. The van der Waals surface area contributed by atoms with Gasteiger partial charge < -0.3 is 5.32 Å². The van der Waals surface area contributed by atoms with E-state index < -0.39 is 10.0 Å². The van der Waals surface area contributed by atoms with E-state index >= 15 is 0 Å². The number of hydrogen-bond acceptors (Lipinski definition) is 4. The van der Waals surface area contributed by atoms with Crippen molar-refractivity contribution in [2.24, 2.45) is 0 Å². The molecule has 1 fully saturated rings. The number of rotatable bonds is 7. The molecule has 1 aromatic rings. The number of hydrogen-bond donors (Lipinski definition) is 2. The van der Waals surface area contributed by atoms with Crippen LogP contribution in [0.2, 0.25) is 0 Å². The molecule has 4 nitrogen and oxygen atoms in total. The molecule has 1 aromatic carbocycles. The van der Waals surface area contributed by atoms with Crippen LogP contribution in [0, 0.1) is 0 Å². The summed E-state index contributed by atoms with van der Waals surface area (Å²) >= 11 is 1.86. The van der Waals surface area contributed by atoms with Gasteiger partial charge in [-0.1, -0.05) is 19.1 Å². The van der Waals surface area contributed by atoms with Gasteiger partial charge in [-0.3, -0.25) is 0 Å². The molecular weight excluding hydrogens is 304 g/mol. The minimum Gasteiger partial charge on any atom is -0.313 e. The molecule has 6 heteroatoms. The molecule has 1 heterocycles. The van der Waals surface area contributed by atoms with Crippen LogP contribution in [0.1, 0.15) is 32.3 Å². The second kappa shape index (κ2) is 7.13. The van der Waals surface area contributed by atoms with Crippen LogP contribution in [-0.4, -0.2) is 32.0 Å². The van der Waals surface area contributed by atoms with Gasteiger partial charge in [-0.05, 0) is 49.8 Å². The van der Waals surface area contributed by atoms with Gasteiger partial charge in [0, 0.05) is 17.8 Å². The highest BCUT2D eigenvalue weighted by Gasteiger charge is 2.31. The summed E-state index contributed by atoms with van der Waals surface area (Å²) in [6, 6.07) is 7.14. The van der Waals surface area contributed by atoms with Gasteiger partial charge in [0.1, 0.15) is 0 Å². The van der Waals surface area contributed by atoms with Crippen molar-refractivity contribution < 1.29 is 8.42 Å². The van der Waals surface area contributed by atoms with Crippen LogP contribution in [0.5, 0.6) is 0 Å². The standard InChI is InChI=1S/C15H24N2O2S2/c1-3-16-11-13-6-4-7-14(10-13)21(18,19)17-12-15(2)8-5-9-20-15/h4,6-7,10,16-17H,3,5,8-9,11-12H2,1-2H3. The van der Waals surface area contributed by atoms with E-state index in [2.05, 4.69) is 17.0 Å². The summed E-state index contributed by atoms with van der Waals surface area (Å²) in [4.78, 5) is 0.351. The fourth-order valence-corrected chi connectivity index (χ4v) is 4.97. The lowest BCUT2D eigenvalue weighted by Gasteiger charge is -2.22. The minimum atomic E-state index is -3.42. The second-order valence-corrected chi connectivity index (χ2v) is 9.10. The van der Waals surface area contributed by atoms with Crippen molar-refractivity contribution in [1.82, 2.24) is 10.0 Å². The highest BCUT2D eigenvalue weighted by Crippen LogP contribution is 2.37.